The van der Waals surface area contributed by atoms with Crippen molar-refractivity contribution >= 4 is 34.0 Å². The second-order valence-electron chi connectivity index (χ2n) is 11.0. The molecule has 0 radical (unpaired) electrons. The molecule has 0 fully saturated rings. The summed E-state index contributed by atoms with van der Waals surface area (Å²) in [6.07, 6.45) is 3.80. The molecule has 0 spiro atoms. The van der Waals surface area contributed by atoms with Crippen molar-refractivity contribution in [3.05, 3.63) is 105 Å². The molecule has 5 nitrogen and oxygen atoms in total. The Hall–Kier alpha value is -4.43. The fraction of sp³-hybridized carbons (Fsp3) is 0.265. The Morgan fingerprint density at radius 1 is 0.923 bits per heavy atom. The predicted molar refractivity (Wildman–Crippen MR) is 157 cm³/mol. The molecule has 0 atom stereocenters. The number of carbonyl (C=O) groups is 2. The summed E-state index contributed by atoms with van der Waals surface area (Å²) in [4.78, 5) is 29.5. The lowest BCUT2D eigenvalue weighted by molar-refractivity contribution is -0.140. The number of fused-ring (bicyclic) bond motifs is 3. The van der Waals surface area contributed by atoms with E-state index in [4.69, 9.17) is 0 Å². The van der Waals surface area contributed by atoms with Crippen LogP contribution in [0.4, 0.5) is 11.4 Å². The molecule has 5 rings (SSSR count). The molecule has 2 amide bonds. The molecule has 39 heavy (non-hydrogen) atoms. The molecule has 2 heterocycles. The zero-order chi connectivity index (χ0) is 28.2. The molecular formula is C34H33N3O2. The van der Waals surface area contributed by atoms with E-state index in [-0.39, 0.29) is 18.0 Å². The number of carbonyl (C=O) groups excluding carboxylic acids is 2. The van der Waals surface area contributed by atoms with E-state index in [1.165, 1.54) is 33.0 Å². The number of hydrogen-bond donors (Lipinski definition) is 0. The zero-order valence-electron chi connectivity index (χ0n) is 23.6. The van der Waals surface area contributed by atoms with Gasteiger partial charge in [0.15, 0.2) is 0 Å². The van der Waals surface area contributed by atoms with Gasteiger partial charge < -0.3 is 4.90 Å². The van der Waals surface area contributed by atoms with E-state index >= 15 is 0 Å². The van der Waals surface area contributed by atoms with E-state index in [9.17, 15) is 14.9 Å². The molecule has 3 aromatic rings. The number of hydrogen-bond acceptors (Lipinski definition) is 4. The van der Waals surface area contributed by atoms with E-state index in [2.05, 4.69) is 88.0 Å². The molecule has 196 valence electrons. The maximum absolute atomic E-state index is 13.3. The summed E-state index contributed by atoms with van der Waals surface area (Å²) in [6.45, 7) is 14.5. The number of amides is 2. The summed E-state index contributed by atoms with van der Waals surface area (Å²) in [5, 5.41) is 12.1. The Morgan fingerprint density at radius 3 is 2.23 bits per heavy atom. The van der Waals surface area contributed by atoms with Crippen molar-refractivity contribution in [2.24, 2.45) is 0 Å². The number of imide groups is 1. The lowest BCUT2D eigenvalue weighted by Crippen LogP contribution is -2.42. The highest BCUT2D eigenvalue weighted by Crippen LogP contribution is 2.54. The van der Waals surface area contributed by atoms with Crippen molar-refractivity contribution in [1.82, 2.24) is 4.90 Å². The van der Waals surface area contributed by atoms with Crippen LogP contribution in [0.5, 0.6) is 0 Å². The maximum Gasteiger partial charge on any atom is 0.271 e. The third-order valence-corrected chi connectivity index (χ3v) is 8.06. The lowest BCUT2D eigenvalue weighted by atomic mass is 9.81. The number of benzene rings is 3. The van der Waals surface area contributed by atoms with E-state index < -0.39 is 11.3 Å². The highest BCUT2D eigenvalue weighted by Gasteiger charge is 2.43. The average molecular weight is 516 g/mol. The van der Waals surface area contributed by atoms with Crippen LogP contribution in [0.25, 0.3) is 10.8 Å². The van der Waals surface area contributed by atoms with Gasteiger partial charge in [0, 0.05) is 23.2 Å². The highest BCUT2D eigenvalue weighted by molar-refractivity contribution is 6.18. The van der Waals surface area contributed by atoms with Gasteiger partial charge in [-0.3, -0.25) is 14.5 Å². The van der Waals surface area contributed by atoms with Crippen LogP contribution < -0.4 is 4.90 Å². The quantitative estimate of drug-likeness (QED) is 0.273. The van der Waals surface area contributed by atoms with E-state index in [0.717, 1.165) is 22.0 Å². The Labute approximate surface area is 230 Å². The van der Waals surface area contributed by atoms with Gasteiger partial charge in [0.05, 0.1) is 11.4 Å². The summed E-state index contributed by atoms with van der Waals surface area (Å²) in [5.74, 6) is -0.899. The van der Waals surface area contributed by atoms with Gasteiger partial charge in [-0.1, -0.05) is 61.9 Å². The molecule has 2 aliphatic heterocycles. The summed E-state index contributed by atoms with van der Waals surface area (Å²) in [5.41, 5.74) is 8.45. The van der Waals surface area contributed by atoms with Crippen LogP contribution in [-0.2, 0) is 15.0 Å². The summed E-state index contributed by atoms with van der Waals surface area (Å²) >= 11 is 0. The Balaban J connectivity index is 1.82. The van der Waals surface area contributed by atoms with Crippen LogP contribution in [0.3, 0.4) is 0 Å². The molecule has 0 saturated heterocycles. The summed E-state index contributed by atoms with van der Waals surface area (Å²) < 4.78 is 0. The number of anilines is 2. The molecule has 0 saturated carbocycles. The largest absolute Gasteiger partial charge is 0.312 e. The molecule has 2 aliphatic rings. The minimum atomic E-state index is -0.528. The van der Waals surface area contributed by atoms with Gasteiger partial charge in [-0.15, -0.1) is 0 Å². The van der Waals surface area contributed by atoms with Crippen LogP contribution in [0.15, 0.2) is 83.1 Å². The highest BCUT2D eigenvalue weighted by atomic mass is 16.2. The number of allylic oxidation sites excluding steroid dienone is 3. The fourth-order valence-corrected chi connectivity index (χ4v) is 6.29. The zero-order valence-corrected chi connectivity index (χ0v) is 23.6. The van der Waals surface area contributed by atoms with Crippen LogP contribution in [0.2, 0.25) is 0 Å². The third-order valence-electron chi connectivity index (χ3n) is 8.06. The topological polar surface area (TPSA) is 64.4 Å². The first-order chi connectivity index (χ1) is 18.5. The lowest BCUT2D eigenvalue weighted by Gasteiger charge is -2.30. The van der Waals surface area contributed by atoms with Crippen LogP contribution in [0.1, 0.15) is 49.9 Å². The van der Waals surface area contributed by atoms with Gasteiger partial charge in [-0.05, 0) is 85.9 Å². The van der Waals surface area contributed by atoms with Crippen LogP contribution >= 0.6 is 0 Å². The molecule has 0 unspecified atom stereocenters. The fourth-order valence-electron chi connectivity index (χ4n) is 6.29. The molecular weight excluding hydrogens is 482 g/mol. The van der Waals surface area contributed by atoms with Gasteiger partial charge >= 0.3 is 0 Å². The Morgan fingerprint density at radius 2 is 1.59 bits per heavy atom. The van der Waals surface area contributed by atoms with Gasteiger partial charge in [0.25, 0.3) is 11.8 Å². The summed E-state index contributed by atoms with van der Waals surface area (Å²) in [6, 6.07) is 19.2. The summed E-state index contributed by atoms with van der Waals surface area (Å²) in [7, 11) is 0. The van der Waals surface area contributed by atoms with Gasteiger partial charge in [0.2, 0.25) is 0 Å². The van der Waals surface area contributed by atoms with Crippen molar-refractivity contribution in [3.8, 4) is 6.07 Å². The van der Waals surface area contributed by atoms with Crippen molar-refractivity contribution in [2.75, 3.05) is 11.4 Å². The number of nitriles is 1. The van der Waals surface area contributed by atoms with Crippen molar-refractivity contribution in [3.63, 3.8) is 0 Å². The number of nitrogens with zero attached hydrogens (tertiary/aromatic N) is 3. The van der Waals surface area contributed by atoms with E-state index in [1.54, 1.807) is 19.9 Å². The van der Waals surface area contributed by atoms with Crippen molar-refractivity contribution in [1.29, 1.82) is 5.26 Å². The van der Waals surface area contributed by atoms with Crippen LogP contribution in [0, 0.1) is 32.1 Å². The number of likely N-dealkylation sites (N-methyl/N-ethyl adjacent to an activating group) is 1. The normalized spacial score (nSPS) is 18.9. The second kappa shape index (κ2) is 9.39. The average Bonchev–Trinajstić information content (AvgIpc) is 3.10. The second-order valence-corrected chi connectivity index (χ2v) is 11.0. The minimum absolute atomic E-state index is 0.0168. The molecule has 0 bridgehead atoms. The number of rotatable bonds is 3. The Kier molecular flexibility index (Phi) is 6.31. The van der Waals surface area contributed by atoms with E-state index in [0.29, 0.717) is 11.1 Å². The molecule has 5 heteroatoms. The van der Waals surface area contributed by atoms with Gasteiger partial charge in [-0.25, -0.2) is 0 Å². The van der Waals surface area contributed by atoms with Crippen LogP contribution in [-0.4, -0.2) is 23.3 Å². The van der Waals surface area contributed by atoms with Crippen molar-refractivity contribution < 1.29 is 9.59 Å². The van der Waals surface area contributed by atoms with Gasteiger partial charge in [0.1, 0.15) is 11.6 Å². The molecule has 0 aromatic heterocycles. The van der Waals surface area contributed by atoms with Gasteiger partial charge in [-0.2, -0.15) is 5.26 Å². The predicted octanol–water partition coefficient (Wildman–Crippen LogP) is 7.23. The molecule has 3 aromatic carbocycles. The minimum Gasteiger partial charge on any atom is -0.312 e. The smallest absolute Gasteiger partial charge is 0.271 e. The first kappa shape index (κ1) is 26.2. The Bertz CT molecular complexity index is 1690. The monoisotopic (exact) mass is 515 g/mol. The van der Waals surface area contributed by atoms with E-state index in [1.807, 2.05) is 12.1 Å². The molecule has 0 N–H and O–H groups in total. The molecule has 0 aliphatic carbocycles. The third kappa shape index (κ3) is 3.90. The first-order valence-electron chi connectivity index (χ1n) is 13.3. The standard InChI is InChI=1S/C34H33N3O2/c1-8-36-32(38)25(23(5)27(19-35)33(36)39)14-16-29-34(6,7)30-26-12-10-9-11-24(26)13-15-28(30)37(29)31-21(3)17-20(2)18-22(31)4/h9-18H,8H2,1-7H3/b25-14-,29-16+. The van der Waals surface area contributed by atoms with Crippen molar-refractivity contribution in [2.45, 2.75) is 53.9 Å². The first-order valence-corrected chi connectivity index (χ1v) is 13.3. The maximum atomic E-state index is 13.3. The number of aryl methyl sites for hydroxylation is 3. The SMILES string of the molecule is CCN1C(=O)C(C#N)=C(C)/C(=C/C=C2/N(c3c(C)cc(C)cc3C)c3ccc4ccccc4c3C2(C)C)C1=O.